The molecule has 1 aromatic rings. The third-order valence-corrected chi connectivity index (χ3v) is 5.46. The van der Waals surface area contributed by atoms with Gasteiger partial charge in [0.25, 0.3) is 0 Å². The minimum absolute atomic E-state index is 0.0297. The number of nitrogens with two attached hydrogens (primary N) is 1. The Morgan fingerprint density at radius 1 is 1.50 bits per heavy atom. The number of rotatable bonds is 3. The lowest BCUT2D eigenvalue weighted by molar-refractivity contribution is 0.233. The molecular formula is C12H18N2O3S. The van der Waals surface area contributed by atoms with Gasteiger partial charge in [0.15, 0.2) is 0 Å². The minimum atomic E-state index is -3.49. The SMILES string of the molecule is Cc1c(N)cccc1S(=O)(=O)N1CCC(CO)C1. The van der Waals surface area contributed by atoms with E-state index in [-0.39, 0.29) is 17.4 Å². The fraction of sp³-hybridized carbons (Fsp3) is 0.500. The average molecular weight is 270 g/mol. The van der Waals surface area contributed by atoms with Crippen LogP contribution in [0.4, 0.5) is 5.69 Å². The lowest BCUT2D eigenvalue weighted by atomic mass is 10.1. The zero-order chi connectivity index (χ0) is 13.3. The van der Waals surface area contributed by atoms with E-state index in [1.54, 1.807) is 25.1 Å². The van der Waals surface area contributed by atoms with Crippen LogP contribution in [0.3, 0.4) is 0 Å². The smallest absolute Gasteiger partial charge is 0.243 e. The van der Waals surface area contributed by atoms with Crippen LogP contribution in [0.5, 0.6) is 0 Å². The lowest BCUT2D eigenvalue weighted by Crippen LogP contribution is -2.30. The van der Waals surface area contributed by atoms with E-state index in [1.165, 1.54) is 4.31 Å². The summed E-state index contributed by atoms with van der Waals surface area (Å²) in [4.78, 5) is 0.265. The molecule has 0 radical (unpaired) electrons. The predicted molar refractivity (Wildman–Crippen MR) is 69.5 cm³/mol. The van der Waals surface area contributed by atoms with Crippen molar-refractivity contribution in [3.8, 4) is 0 Å². The molecule has 100 valence electrons. The number of nitrogen functional groups attached to an aromatic ring is 1. The molecule has 0 saturated carbocycles. The molecule has 5 nitrogen and oxygen atoms in total. The summed E-state index contributed by atoms with van der Waals surface area (Å²) in [5.74, 6) is 0.0427. The number of hydrogen-bond donors (Lipinski definition) is 2. The molecule has 3 N–H and O–H groups in total. The molecule has 1 saturated heterocycles. The van der Waals surface area contributed by atoms with Gasteiger partial charge < -0.3 is 10.8 Å². The largest absolute Gasteiger partial charge is 0.398 e. The van der Waals surface area contributed by atoms with Gasteiger partial charge in [-0.1, -0.05) is 6.07 Å². The molecule has 0 spiro atoms. The fourth-order valence-electron chi connectivity index (χ4n) is 2.21. The normalized spacial score (nSPS) is 21.3. The molecule has 2 rings (SSSR count). The van der Waals surface area contributed by atoms with Crippen molar-refractivity contribution in [2.75, 3.05) is 25.4 Å². The summed E-state index contributed by atoms with van der Waals surface area (Å²) >= 11 is 0. The van der Waals surface area contributed by atoms with Crippen molar-refractivity contribution in [1.82, 2.24) is 4.31 Å². The molecule has 1 heterocycles. The zero-order valence-corrected chi connectivity index (χ0v) is 11.2. The molecule has 1 aromatic carbocycles. The van der Waals surface area contributed by atoms with Gasteiger partial charge in [0, 0.05) is 25.4 Å². The van der Waals surface area contributed by atoms with Gasteiger partial charge in [0.1, 0.15) is 0 Å². The molecule has 1 aliphatic rings. The van der Waals surface area contributed by atoms with Gasteiger partial charge in [-0.3, -0.25) is 0 Å². The van der Waals surface area contributed by atoms with Gasteiger partial charge in [-0.2, -0.15) is 4.31 Å². The van der Waals surface area contributed by atoms with Crippen molar-refractivity contribution in [3.05, 3.63) is 23.8 Å². The number of aliphatic hydroxyl groups excluding tert-OH is 1. The van der Waals surface area contributed by atoms with E-state index in [1.807, 2.05) is 0 Å². The van der Waals surface area contributed by atoms with Crippen LogP contribution in [0.2, 0.25) is 0 Å². The van der Waals surface area contributed by atoms with Crippen molar-refractivity contribution in [2.24, 2.45) is 5.92 Å². The average Bonchev–Trinajstić information content (AvgIpc) is 2.81. The van der Waals surface area contributed by atoms with E-state index in [9.17, 15) is 8.42 Å². The molecular weight excluding hydrogens is 252 g/mol. The van der Waals surface area contributed by atoms with Crippen LogP contribution in [0.15, 0.2) is 23.1 Å². The molecule has 18 heavy (non-hydrogen) atoms. The van der Waals surface area contributed by atoms with Crippen LogP contribution in [0.25, 0.3) is 0 Å². The molecule has 1 unspecified atom stereocenters. The third-order valence-electron chi connectivity index (χ3n) is 3.45. The Hall–Kier alpha value is -1.11. The summed E-state index contributed by atoms with van der Waals surface area (Å²) in [7, 11) is -3.49. The maximum Gasteiger partial charge on any atom is 0.243 e. The Bertz CT molecular complexity index is 542. The number of sulfonamides is 1. The van der Waals surface area contributed by atoms with Crippen molar-refractivity contribution < 1.29 is 13.5 Å². The molecule has 0 bridgehead atoms. The summed E-state index contributed by atoms with van der Waals surface area (Å²) in [6.07, 6.45) is 0.705. The summed E-state index contributed by atoms with van der Waals surface area (Å²) in [5.41, 5.74) is 6.81. The van der Waals surface area contributed by atoms with E-state index in [0.717, 1.165) is 0 Å². The van der Waals surface area contributed by atoms with Crippen LogP contribution in [-0.4, -0.2) is 37.5 Å². The Balaban J connectivity index is 2.35. The van der Waals surface area contributed by atoms with Crippen LogP contribution < -0.4 is 5.73 Å². The zero-order valence-electron chi connectivity index (χ0n) is 10.3. The summed E-state index contributed by atoms with van der Waals surface area (Å²) < 4.78 is 26.3. The minimum Gasteiger partial charge on any atom is -0.398 e. The number of benzene rings is 1. The van der Waals surface area contributed by atoms with Gasteiger partial charge in [-0.15, -0.1) is 0 Å². The monoisotopic (exact) mass is 270 g/mol. The second-order valence-corrected chi connectivity index (χ2v) is 6.58. The van der Waals surface area contributed by atoms with Crippen molar-refractivity contribution in [2.45, 2.75) is 18.2 Å². The van der Waals surface area contributed by atoms with Crippen LogP contribution >= 0.6 is 0 Å². The fourth-order valence-corrected chi connectivity index (χ4v) is 4.00. The summed E-state index contributed by atoms with van der Waals surface area (Å²) in [6.45, 7) is 2.58. The second kappa shape index (κ2) is 4.87. The van der Waals surface area contributed by atoms with Gasteiger partial charge in [-0.25, -0.2) is 8.42 Å². The molecule has 1 fully saturated rings. The Kier molecular flexibility index (Phi) is 3.61. The highest BCUT2D eigenvalue weighted by Gasteiger charge is 2.33. The molecule has 6 heteroatoms. The molecule has 0 aliphatic carbocycles. The standard InChI is InChI=1S/C12H18N2O3S/c1-9-11(13)3-2-4-12(9)18(16,17)14-6-5-10(7-14)8-15/h2-4,10,15H,5-8,13H2,1H3. The number of aliphatic hydroxyl groups is 1. The van der Waals surface area contributed by atoms with Crippen molar-refractivity contribution >= 4 is 15.7 Å². The number of hydrogen-bond acceptors (Lipinski definition) is 4. The molecule has 0 aromatic heterocycles. The lowest BCUT2D eigenvalue weighted by Gasteiger charge is -2.18. The number of anilines is 1. The Morgan fingerprint density at radius 2 is 2.22 bits per heavy atom. The van der Waals surface area contributed by atoms with Gasteiger partial charge in [0.05, 0.1) is 4.90 Å². The maximum absolute atomic E-state index is 12.5. The molecule has 1 aliphatic heterocycles. The first-order chi connectivity index (χ1) is 8.46. The maximum atomic E-state index is 12.5. The first-order valence-electron chi connectivity index (χ1n) is 5.93. The van der Waals surface area contributed by atoms with E-state index < -0.39 is 10.0 Å². The number of nitrogens with zero attached hydrogens (tertiary/aromatic N) is 1. The highest BCUT2D eigenvalue weighted by Crippen LogP contribution is 2.27. The molecule has 1 atom stereocenters. The van der Waals surface area contributed by atoms with Crippen molar-refractivity contribution in [1.29, 1.82) is 0 Å². The van der Waals surface area contributed by atoms with E-state index >= 15 is 0 Å². The summed E-state index contributed by atoms with van der Waals surface area (Å²) in [5, 5.41) is 9.08. The Morgan fingerprint density at radius 3 is 2.83 bits per heavy atom. The van der Waals surface area contributed by atoms with Crippen LogP contribution in [0, 0.1) is 12.8 Å². The predicted octanol–water partition coefficient (Wildman–Crippen LogP) is 0.580. The van der Waals surface area contributed by atoms with E-state index in [0.29, 0.717) is 30.8 Å². The Labute approximate surface area is 107 Å². The molecule has 0 amide bonds. The highest BCUT2D eigenvalue weighted by molar-refractivity contribution is 7.89. The quantitative estimate of drug-likeness (QED) is 0.787. The highest BCUT2D eigenvalue weighted by atomic mass is 32.2. The topological polar surface area (TPSA) is 83.6 Å². The first kappa shape index (κ1) is 13.3. The first-order valence-corrected chi connectivity index (χ1v) is 7.37. The van der Waals surface area contributed by atoms with Gasteiger partial charge >= 0.3 is 0 Å². The van der Waals surface area contributed by atoms with Gasteiger partial charge in [0.2, 0.25) is 10.0 Å². The summed E-state index contributed by atoms with van der Waals surface area (Å²) in [6, 6.07) is 4.91. The van der Waals surface area contributed by atoms with Crippen LogP contribution in [-0.2, 0) is 10.0 Å². The van der Waals surface area contributed by atoms with E-state index in [2.05, 4.69) is 0 Å². The van der Waals surface area contributed by atoms with E-state index in [4.69, 9.17) is 10.8 Å². The van der Waals surface area contributed by atoms with Gasteiger partial charge in [-0.05, 0) is 37.0 Å². The van der Waals surface area contributed by atoms with Crippen molar-refractivity contribution in [3.63, 3.8) is 0 Å². The third kappa shape index (κ3) is 2.23. The second-order valence-electron chi connectivity index (χ2n) is 4.67. The van der Waals surface area contributed by atoms with Crippen LogP contribution in [0.1, 0.15) is 12.0 Å².